The standard InChI is InChI=1S/C14H30.3O.2Y/c1-3-5-7-9-11-13-14-12-10-8-6-4-2;;;;;/h3-14H2,1-2H3;;;;;/q;3*-2;2*+3. The van der Waals surface area contributed by atoms with Crippen LogP contribution in [0.5, 0.6) is 0 Å². The van der Waals surface area contributed by atoms with Gasteiger partial charge >= 0.3 is 65.4 Å². The molecule has 0 aromatic heterocycles. The van der Waals surface area contributed by atoms with E-state index in [1.54, 1.807) is 0 Å². The molecule has 0 aliphatic rings. The smallest absolute Gasteiger partial charge is 2.00 e. The minimum Gasteiger partial charge on any atom is -2.00 e. The Morgan fingerprint density at radius 1 is 0.368 bits per heavy atom. The van der Waals surface area contributed by atoms with Gasteiger partial charge < -0.3 is 16.4 Å². The maximum Gasteiger partial charge on any atom is 3.00 e. The second kappa shape index (κ2) is 36.9. The summed E-state index contributed by atoms with van der Waals surface area (Å²) in [7, 11) is 0. The molecule has 0 amide bonds. The van der Waals surface area contributed by atoms with Crippen LogP contribution in [0.4, 0.5) is 0 Å². The van der Waals surface area contributed by atoms with Crippen LogP contribution in [0.2, 0.25) is 0 Å². The van der Waals surface area contributed by atoms with Gasteiger partial charge in [0.05, 0.1) is 0 Å². The van der Waals surface area contributed by atoms with Crippen LogP contribution in [0.15, 0.2) is 0 Å². The van der Waals surface area contributed by atoms with Crippen LogP contribution in [0.3, 0.4) is 0 Å². The van der Waals surface area contributed by atoms with Crippen molar-refractivity contribution in [2.75, 3.05) is 0 Å². The van der Waals surface area contributed by atoms with E-state index in [-0.39, 0.29) is 81.8 Å². The minimum atomic E-state index is 0. The molecule has 0 spiro atoms. The van der Waals surface area contributed by atoms with Crippen molar-refractivity contribution < 1.29 is 81.8 Å². The summed E-state index contributed by atoms with van der Waals surface area (Å²) in [4.78, 5) is 0. The SMILES string of the molecule is CCCCCCCCCCCCCC.[O-2].[O-2].[O-2].[Y+3].[Y+3]. The first-order valence-electron chi connectivity index (χ1n) is 6.91. The van der Waals surface area contributed by atoms with Crippen LogP contribution in [0, 0.1) is 0 Å². The molecule has 0 unspecified atom stereocenters. The largest absolute Gasteiger partial charge is 3.00 e. The van der Waals surface area contributed by atoms with Crippen molar-refractivity contribution in [2.45, 2.75) is 90.9 Å². The van der Waals surface area contributed by atoms with Crippen LogP contribution in [-0.2, 0) is 81.8 Å². The van der Waals surface area contributed by atoms with Gasteiger partial charge in [-0.2, -0.15) is 0 Å². The van der Waals surface area contributed by atoms with Crippen molar-refractivity contribution in [3.8, 4) is 0 Å². The van der Waals surface area contributed by atoms with Gasteiger partial charge in [0.15, 0.2) is 0 Å². The third-order valence-electron chi connectivity index (χ3n) is 2.96. The Morgan fingerprint density at radius 3 is 0.684 bits per heavy atom. The molecule has 5 heteroatoms. The van der Waals surface area contributed by atoms with E-state index < -0.39 is 0 Å². The average Bonchev–Trinajstić information content (AvgIpc) is 2.21. The van der Waals surface area contributed by atoms with Gasteiger partial charge in [-0.05, 0) is 0 Å². The van der Waals surface area contributed by atoms with E-state index in [0.29, 0.717) is 0 Å². The van der Waals surface area contributed by atoms with E-state index >= 15 is 0 Å². The Morgan fingerprint density at radius 2 is 0.526 bits per heavy atom. The fraction of sp³-hybridized carbons (Fsp3) is 1.00. The molecule has 0 aromatic carbocycles. The van der Waals surface area contributed by atoms with Crippen LogP contribution in [0.25, 0.3) is 0 Å². The van der Waals surface area contributed by atoms with Crippen molar-refractivity contribution in [3.05, 3.63) is 0 Å². The van der Waals surface area contributed by atoms with Gasteiger partial charge in [0, 0.05) is 0 Å². The van der Waals surface area contributed by atoms with E-state index in [0.717, 1.165) is 0 Å². The molecule has 0 heterocycles. The Kier molecular flexibility index (Phi) is 72.6. The Bertz CT molecular complexity index is 94.7. The summed E-state index contributed by atoms with van der Waals surface area (Å²) >= 11 is 0. The van der Waals surface area contributed by atoms with Crippen molar-refractivity contribution in [1.82, 2.24) is 0 Å². The number of unbranched alkanes of at least 4 members (excludes halogenated alkanes) is 11. The van der Waals surface area contributed by atoms with Crippen LogP contribution in [-0.4, -0.2) is 0 Å². The molecule has 0 fully saturated rings. The van der Waals surface area contributed by atoms with E-state index in [1.807, 2.05) is 0 Å². The summed E-state index contributed by atoms with van der Waals surface area (Å²) in [6, 6.07) is 0. The molecule has 0 rings (SSSR count). The minimum absolute atomic E-state index is 0. The first kappa shape index (κ1) is 37.4. The first-order chi connectivity index (χ1) is 6.91. The Hall–Kier alpha value is 2.09. The molecular formula is C14H30O3Y2. The third-order valence-corrected chi connectivity index (χ3v) is 2.96. The van der Waals surface area contributed by atoms with Crippen molar-refractivity contribution >= 4 is 0 Å². The fourth-order valence-corrected chi connectivity index (χ4v) is 1.91. The molecule has 0 saturated carbocycles. The predicted octanol–water partition coefficient (Wildman–Crippen LogP) is 5.35. The fourth-order valence-electron chi connectivity index (χ4n) is 1.91. The van der Waals surface area contributed by atoms with Gasteiger partial charge in [-0.3, -0.25) is 0 Å². The predicted molar refractivity (Wildman–Crippen MR) is 68.8 cm³/mol. The van der Waals surface area contributed by atoms with Crippen molar-refractivity contribution in [1.29, 1.82) is 0 Å². The van der Waals surface area contributed by atoms with Gasteiger partial charge in [0.25, 0.3) is 0 Å². The molecule has 0 saturated heterocycles. The van der Waals surface area contributed by atoms with Crippen LogP contribution >= 0.6 is 0 Å². The third kappa shape index (κ3) is 38.4. The molecule has 0 N–H and O–H groups in total. The van der Waals surface area contributed by atoms with E-state index in [4.69, 9.17) is 0 Å². The van der Waals surface area contributed by atoms with Crippen LogP contribution < -0.4 is 0 Å². The molecule has 0 bridgehead atoms. The molecule has 3 nitrogen and oxygen atoms in total. The van der Waals surface area contributed by atoms with E-state index in [9.17, 15) is 0 Å². The van der Waals surface area contributed by atoms with Gasteiger partial charge in [-0.15, -0.1) is 0 Å². The zero-order chi connectivity index (χ0) is 10.5. The second-order valence-electron chi connectivity index (χ2n) is 4.54. The second-order valence-corrected chi connectivity index (χ2v) is 4.54. The average molecular weight is 424 g/mol. The topological polar surface area (TPSA) is 85.5 Å². The molecule has 110 valence electrons. The van der Waals surface area contributed by atoms with Gasteiger partial charge in [-0.25, -0.2) is 0 Å². The van der Waals surface area contributed by atoms with Gasteiger partial charge in [0.1, 0.15) is 0 Å². The molecule has 19 heavy (non-hydrogen) atoms. The molecular weight excluding hydrogens is 394 g/mol. The van der Waals surface area contributed by atoms with Crippen molar-refractivity contribution in [3.63, 3.8) is 0 Å². The van der Waals surface area contributed by atoms with E-state index in [1.165, 1.54) is 77.0 Å². The number of hydrogen-bond donors (Lipinski definition) is 0. The summed E-state index contributed by atoms with van der Waals surface area (Å²) in [6.07, 6.45) is 17.4. The monoisotopic (exact) mass is 424 g/mol. The quantitative estimate of drug-likeness (QED) is 0.401. The zero-order valence-electron chi connectivity index (χ0n) is 12.9. The van der Waals surface area contributed by atoms with Crippen LogP contribution in [0.1, 0.15) is 90.9 Å². The zero-order valence-corrected chi connectivity index (χ0v) is 18.5. The maximum atomic E-state index is 2.29. The van der Waals surface area contributed by atoms with Gasteiger partial charge in [-0.1, -0.05) is 90.9 Å². The Labute approximate surface area is 171 Å². The van der Waals surface area contributed by atoms with Crippen molar-refractivity contribution in [2.24, 2.45) is 0 Å². The molecule has 0 aliphatic heterocycles. The van der Waals surface area contributed by atoms with Gasteiger partial charge in [0.2, 0.25) is 0 Å². The summed E-state index contributed by atoms with van der Waals surface area (Å²) < 4.78 is 0. The van der Waals surface area contributed by atoms with E-state index in [2.05, 4.69) is 13.8 Å². The Balaban J connectivity index is -0.0000000845. The molecule has 0 radical (unpaired) electrons. The summed E-state index contributed by atoms with van der Waals surface area (Å²) in [6.45, 7) is 4.57. The summed E-state index contributed by atoms with van der Waals surface area (Å²) in [5.41, 5.74) is 0. The first-order valence-corrected chi connectivity index (χ1v) is 6.91. The maximum absolute atomic E-state index is 2.29. The number of hydrogen-bond acceptors (Lipinski definition) is 0. The molecule has 0 atom stereocenters. The number of rotatable bonds is 11. The normalized spacial score (nSPS) is 7.89. The molecule has 0 aliphatic carbocycles. The summed E-state index contributed by atoms with van der Waals surface area (Å²) in [5, 5.41) is 0. The summed E-state index contributed by atoms with van der Waals surface area (Å²) in [5.74, 6) is 0. The molecule has 0 aromatic rings.